The molecule has 0 fully saturated rings. The van der Waals surface area contributed by atoms with E-state index >= 15 is 0 Å². The summed E-state index contributed by atoms with van der Waals surface area (Å²) in [6.45, 7) is 4.81. The molecule has 0 saturated heterocycles. The van der Waals surface area contributed by atoms with Crippen LogP contribution in [0.5, 0.6) is 5.75 Å². The molecule has 0 aliphatic carbocycles. The zero-order valence-corrected chi connectivity index (χ0v) is 16.0. The first-order chi connectivity index (χ1) is 12.2. The van der Waals surface area contributed by atoms with Gasteiger partial charge in [-0.25, -0.2) is 4.79 Å². The van der Waals surface area contributed by atoms with Gasteiger partial charge in [0.25, 0.3) is 0 Å². The quantitative estimate of drug-likeness (QED) is 0.586. The molecule has 1 aromatic heterocycles. The lowest BCUT2D eigenvalue weighted by Gasteiger charge is -2.37. The minimum absolute atomic E-state index is 0.00714. The molecule has 0 bridgehead atoms. The van der Waals surface area contributed by atoms with Gasteiger partial charge in [0.05, 0.1) is 12.6 Å². The number of nitrogens with one attached hydrogen (secondary N) is 1. The number of carbonyl (C=O) groups is 1. The number of alkyl halides is 1. The number of urea groups is 1. The zero-order valence-electron chi connectivity index (χ0n) is 14.5. The van der Waals surface area contributed by atoms with Crippen LogP contribution in [0, 0.1) is 0 Å². The Morgan fingerprint density at radius 3 is 2.80 bits per heavy atom. The largest absolute Gasteiger partial charge is 0.494 e. The van der Waals surface area contributed by atoms with Crippen molar-refractivity contribution in [3.05, 3.63) is 53.9 Å². The van der Waals surface area contributed by atoms with E-state index in [-0.39, 0.29) is 12.1 Å². The molecule has 0 spiro atoms. The smallest absolute Gasteiger partial charge is 0.318 e. The maximum Gasteiger partial charge on any atom is 0.318 e. The number of rotatable bonds is 6. The Morgan fingerprint density at radius 2 is 2.08 bits per heavy atom. The summed E-state index contributed by atoms with van der Waals surface area (Å²) in [6, 6.07) is 12.1. The summed E-state index contributed by atoms with van der Waals surface area (Å²) in [7, 11) is 0. The van der Waals surface area contributed by atoms with Gasteiger partial charge in [-0.15, -0.1) is 0 Å². The van der Waals surface area contributed by atoms with E-state index in [1.165, 1.54) is 0 Å². The van der Waals surface area contributed by atoms with Gasteiger partial charge in [0.1, 0.15) is 5.75 Å². The molecule has 2 amide bonds. The molecular formula is C19H24BrN3O2. The van der Waals surface area contributed by atoms with E-state index < -0.39 is 0 Å². The molecular weight excluding hydrogens is 382 g/mol. The summed E-state index contributed by atoms with van der Waals surface area (Å²) >= 11 is 3.40. The molecule has 2 heterocycles. The molecule has 134 valence electrons. The van der Waals surface area contributed by atoms with Gasteiger partial charge in [-0.3, -0.25) is 0 Å². The van der Waals surface area contributed by atoms with Crippen LogP contribution in [0.25, 0.3) is 0 Å². The van der Waals surface area contributed by atoms with Crippen molar-refractivity contribution in [2.75, 3.05) is 25.0 Å². The molecule has 25 heavy (non-hydrogen) atoms. The average Bonchev–Trinajstić information content (AvgIpc) is 3.11. The second-order valence-electron chi connectivity index (χ2n) is 6.00. The SMILES string of the molecule is CCOc1ccc([C@H]2c3cccn3CCN2C(=O)NCCCBr)cc1. The highest BCUT2D eigenvalue weighted by molar-refractivity contribution is 9.09. The van der Waals surface area contributed by atoms with Gasteiger partial charge in [0.15, 0.2) is 0 Å². The van der Waals surface area contributed by atoms with E-state index in [4.69, 9.17) is 4.74 Å². The van der Waals surface area contributed by atoms with Crippen LogP contribution in [-0.4, -0.2) is 40.5 Å². The minimum atomic E-state index is -0.0802. The molecule has 6 heteroatoms. The molecule has 1 aromatic carbocycles. The summed E-state index contributed by atoms with van der Waals surface area (Å²) < 4.78 is 7.77. The molecule has 0 unspecified atom stereocenters. The number of amides is 2. The first-order valence-corrected chi connectivity index (χ1v) is 9.85. The average molecular weight is 406 g/mol. The summed E-state index contributed by atoms with van der Waals surface area (Å²) in [4.78, 5) is 14.7. The van der Waals surface area contributed by atoms with Crippen molar-refractivity contribution in [1.29, 1.82) is 0 Å². The number of benzene rings is 1. The van der Waals surface area contributed by atoms with Crippen molar-refractivity contribution in [1.82, 2.24) is 14.8 Å². The number of halogens is 1. The predicted molar refractivity (Wildman–Crippen MR) is 102 cm³/mol. The fourth-order valence-electron chi connectivity index (χ4n) is 3.23. The van der Waals surface area contributed by atoms with Crippen molar-refractivity contribution in [3.63, 3.8) is 0 Å². The lowest BCUT2D eigenvalue weighted by atomic mass is 10.00. The predicted octanol–water partition coefficient (Wildman–Crippen LogP) is 3.79. The number of fused-ring (bicyclic) bond motifs is 1. The third-order valence-corrected chi connectivity index (χ3v) is 4.95. The normalized spacial score (nSPS) is 16.4. The number of hydrogen-bond acceptors (Lipinski definition) is 2. The first kappa shape index (κ1) is 17.9. The van der Waals surface area contributed by atoms with Crippen molar-refractivity contribution in [2.24, 2.45) is 0 Å². The standard InChI is InChI=1S/C19H24BrN3O2/c1-2-25-16-8-6-15(7-9-16)18-17-5-3-12-22(17)13-14-23(18)19(24)21-11-4-10-20/h3,5-9,12,18H,2,4,10-11,13-14H2,1H3,(H,21,24)/t18-/m0/s1. The van der Waals surface area contributed by atoms with Crippen LogP contribution in [-0.2, 0) is 6.54 Å². The van der Waals surface area contributed by atoms with Crippen LogP contribution in [0.4, 0.5) is 4.79 Å². The summed E-state index contributed by atoms with van der Waals surface area (Å²) in [6.07, 6.45) is 3.00. The monoisotopic (exact) mass is 405 g/mol. The molecule has 0 radical (unpaired) electrons. The topological polar surface area (TPSA) is 46.5 Å². The second-order valence-corrected chi connectivity index (χ2v) is 6.79. The number of nitrogens with zero attached hydrogens (tertiary/aromatic N) is 2. The summed E-state index contributed by atoms with van der Waals surface area (Å²) in [5.74, 6) is 0.853. The Balaban J connectivity index is 1.86. The molecule has 1 aliphatic rings. The maximum absolute atomic E-state index is 12.7. The van der Waals surface area contributed by atoms with Crippen molar-refractivity contribution in [3.8, 4) is 5.75 Å². The number of carbonyl (C=O) groups excluding carboxylic acids is 1. The Hall–Kier alpha value is -1.95. The van der Waals surface area contributed by atoms with Crippen LogP contribution in [0.3, 0.4) is 0 Å². The van der Waals surface area contributed by atoms with Crippen LogP contribution in [0.1, 0.15) is 30.6 Å². The second kappa shape index (κ2) is 8.43. The van der Waals surface area contributed by atoms with Crippen LogP contribution in [0.2, 0.25) is 0 Å². The van der Waals surface area contributed by atoms with Gasteiger partial charge in [0.2, 0.25) is 0 Å². The minimum Gasteiger partial charge on any atom is -0.494 e. The van der Waals surface area contributed by atoms with Gasteiger partial charge >= 0.3 is 6.03 Å². The zero-order chi connectivity index (χ0) is 17.6. The molecule has 2 aromatic rings. The van der Waals surface area contributed by atoms with Crippen molar-refractivity contribution >= 4 is 22.0 Å². The molecule has 0 saturated carbocycles. The van der Waals surface area contributed by atoms with E-state index in [2.05, 4.69) is 50.2 Å². The summed E-state index contributed by atoms with van der Waals surface area (Å²) in [5.41, 5.74) is 2.24. The van der Waals surface area contributed by atoms with Crippen molar-refractivity contribution in [2.45, 2.75) is 25.9 Å². The summed E-state index contributed by atoms with van der Waals surface area (Å²) in [5, 5.41) is 3.92. The molecule has 1 aliphatic heterocycles. The van der Waals surface area contributed by atoms with E-state index in [0.717, 1.165) is 35.3 Å². The van der Waals surface area contributed by atoms with Gasteiger partial charge in [0, 0.05) is 36.9 Å². The van der Waals surface area contributed by atoms with E-state index in [1.54, 1.807) is 0 Å². The number of aromatic nitrogens is 1. The third-order valence-electron chi connectivity index (χ3n) is 4.39. The maximum atomic E-state index is 12.7. The molecule has 3 rings (SSSR count). The van der Waals surface area contributed by atoms with Crippen LogP contribution in [0.15, 0.2) is 42.6 Å². The fraction of sp³-hybridized carbons (Fsp3) is 0.421. The lowest BCUT2D eigenvalue weighted by Crippen LogP contribution is -2.47. The fourth-order valence-corrected chi connectivity index (χ4v) is 3.51. The van der Waals surface area contributed by atoms with Crippen LogP contribution >= 0.6 is 15.9 Å². The van der Waals surface area contributed by atoms with Crippen LogP contribution < -0.4 is 10.1 Å². The highest BCUT2D eigenvalue weighted by Crippen LogP contribution is 2.33. The van der Waals surface area contributed by atoms with Gasteiger partial charge < -0.3 is 19.5 Å². The molecule has 1 N–H and O–H groups in total. The lowest BCUT2D eigenvalue weighted by molar-refractivity contribution is 0.169. The third kappa shape index (κ3) is 4.00. The van der Waals surface area contributed by atoms with E-state index in [1.807, 2.05) is 30.0 Å². The van der Waals surface area contributed by atoms with E-state index in [9.17, 15) is 4.79 Å². The number of hydrogen-bond donors (Lipinski definition) is 1. The van der Waals surface area contributed by atoms with Gasteiger partial charge in [-0.2, -0.15) is 0 Å². The first-order valence-electron chi connectivity index (χ1n) is 8.72. The Kier molecular flexibility index (Phi) is 6.02. The molecule has 1 atom stereocenters. The Morgan fingerprint density at radius 1 is 1.28 bits per heavy atom. The Labute approximate surface area is 157 Å². The van der Waals surface area contributed by atoms with E-state index in [0.29, 0.717) is 19.7 Å². The Bertz CT molecular complexity index is 699. The van der Waals surface area contributed by atoms with Gasteiger partial charge in [-0.05, 0) is 43.2 Å². The van der Waals surface area contributed by atoms with Crippen molar-refractivity contribution < 1.29 is 9.53 Å². The highest BCUT2D eigenvalue weighted by atomic mass is 79.9. The van der Waals surface area contributed by atoms with Gasteiger partial charge in [-0.1, -0.05) is 28.1 Å². The highest BCUT2D eigenvalue weighted by Gasteiger charge is 2.31. The number of ether oxygens (including phenoxy) is 1. The molecule has 5 nitrogen and oxygen atoms in total.